The van der Waals surface area contributed by atoms with Gasteiger partial charge in [0.1, 0.15) is 73.1 Å². The van der Waals surface area contributed by atoms with Crippen LogP contribution in [-0.2, 0) is 49.1 Å². The predicted molar refractivity (Wildman–Crippen MR) is 263 cm³/mol. The first-order valence-corrected chi connectivity index (χ1v) is 22.8. The van der Waals surface area contributed by atoms with Crippen molar-refractivity contribution in [3.05, 3.63) is 153 Å². The van der Waals surface area contributed by atoms with Crippen LogP contribution in [0.1, 0.15) is 68.5 Å². The van der Waals surface area contributed by atoms with Crippen molar-refractivity contribution in [2.45, 2.75) is 78.4 Å². The molecule has 0 radical (unpaired) electrons. The van der Waals surface area contributed by atoms with Crippen LogP contribution < -0.4 is 39.1 Å². The van der Waals surface area contributed by atoms with Gasteiger partial charge in [-0.25, -0.2) is 0 Å². The Hall–Kier alpha value is -8.26. The van der Waals surface area contributed by atoms with Gasteiger partial charge >= 0.3 is 11.9 Å². The average Bonchev–Trinajstić information content (AvgIpc) is 3.37. The number of pyridine rings is 2. The fraction of sp³-hybridized carbons (Fsp3) is 0.296. The van der Waals surface area contributed by atoms with Crippen LogP contribution in [0.5, 0.6) is 34.5 Å². The van der Waals surface area contributed by atoms with Crippen LogP contribution in [0.3, 0.4) is 0 Å². The number of hydrogen-bond acceptors (Lipinski definition) is 16. The lowest BCUT2D eigenvalue weighted by Crippen LogP contribution is -2.28. The molecule has 0 aliphatic heterocycles. The van der Waals surface area contributed by atoms with Crippen LogP contribution >= 0.6 is 0 Å². The van der Waals surface area contributed by atoms with Crippen molar-refractivity contribution in [1.82, 2.24) is 20.6 Å². The Kier molecular flexibility index (Phi) is 19.2. The van der Waals surface area contributed by atoms with E-state index in [0.29, 0.717) is 67.9 Å². The van der Waals surface area contributed by atoms with Crippen molar-refractivity contribution in [3.8, 4) is 57.8 Å². The molecular formula is C54H56N6O12. The Labute approximate surface area is 417 Å². The summed E-state index contributed by atoms with van der Waals surface area (Å²) in [6.45, 7) is 4.98. The van der Waals surface area contributed by atoms with Crippen LogP contribution in [-0.4, -0.2) is 81.8 Å². The SMILES string of the molecule is COc1cc(OCc2cccc(-c3cccc(COc4cc(OC)c(CNCC(O)CC(=O)O)c(OCc5cncc(C#N)c5)c4)c3C)c2C)cc(OCc2cncc(C#N)c2)c1CNCC(O)CC(=O)O. The van der Waals surface area contributed by atoms with E-state index in [1.807, 2.05) is 38.1 Å². The summed E-state index contributed by atoms with van der Waals surface area (Å²) in [4.78, 5) is 30.5. The smallest absolute Gasteiger partial charge is 0.306 e. The molecule has 4 aromatic carbocycles. The standard InChI is InChI=1S/C54H56N6O12/c1-33-39(31-69-43-15-49(67-3)47(27-59-25-41(61)13-53(63)64)51(17-43)71-29-37-11-35(19-55)21-57-23-37)7-5-9-45(33)46-10-6-8-40(34(46)2)32-70-44-16-50(68-4)48(28-60-26-42(62)14-54(65)66)52(18-44)72-30-38-12-36(20-56)22-58-24-38/h5-12,15-18,21-24,41-42,59-62H,13-14,25-32H2,1-4H3,(H,63,64)(H,65,66). The molecule has 18 heteroatoms. The molecule has 374 valence electrons. The topological polar surface area (TPSA) is 268 Å². The first-order chi connectivity index (χ1) is 34.8. The fourth-order valence-electron chi connectivity index (χ4n) is 7.77. The number of nitriles is 2. The summed E-state index contributed by atoms with van der Waals surface area (Å²) >= 11 is 0. The molecule has 0 aliphatic carbocycles. The zero-order valence-electron chi connectivity index (χ0n) is 40.3. The highest BCUT2D eigenvalue weighted by molar-refractivity contribution is 5.73. The molecular weight excluding hydrogens is 925 g/mol. The van der Waals surface area contributed by atoms with Crippen LogP contribution in [0.25, 0.3) is 11.1 Å². The van der Waals surface area contributed by atoms with Gasteiger partial charge < -0.3 is 59.5 Å². The summed E-state index contributed by atoms with van der Waals surface area (Å²) in [5.41, 5.74) is 9.14. The first kappa shape index (κ1) is 53.1. The highest BCUT2D eigenvalue weighted by Gasteiger charge is 2.20. The minimum Gasteiger partial charge on any atom is -0.496 e. The maximum atomic E-state index is 11.1. The first-order valence-electron chi connectivity index (χ1n) is 22.8. The molecule has 2 heterocycles. The molecule has 2 aromatic heterocycles. The summed E-state index contributed by atoms with van der Waals surface area (Å²) in [6.07, 6.45) is 3.08. The molecule has 0 bridgehead atoms. The molecule has 0 saturated heterocycles. The molecule has 6 aromatic rings. The summed E-state index contributed by atoms with van der Waals surface area (Å²) in [7, 11) is 3.03. The van der Waals surface area contributed by atoms with Crippen molar-refractivity contribution >= 4 is 11.9 Å². The molecule has 0 amide bonds. The number of ether oxygens (including phenoxy) is 6. The molecule has 0 spiro atoms. The van der Waals surface area contributed by atoms with Gasteiger partial charge in [-0.3, -0.25) is 19.6 Å². The van der Waals surface area contributed by atoms with E-state index in [-0.39, 0.29) is 52.6 Å². The van der Waals surface area contributed by atoms with Crippen LogP contribution in [0.4, 0.5) is 0 Å². The zero-order valence-corrected chi connectivity index (χ0v) is 40.3. The van der Waals surface area contributed by atoms with Crippen LogP contribution in [0, 0.1) is 36.5 Å². The van der Waals surface area contributed by atoms with Gasteiger partial charge in [-0.15, -0.1) is 0 Å². The van der Waals surface area contributed by atoms with E-state index in [0.717, 1.165) is 33.4 Å². The van der Waals surface area contributed by atoms with Crippen molar-refractivity contribution in [2.24, 2.45) is 0 Å². The predicted octanol–water partition coefficient (Wildman–Crippen LogP) is 6.69. The van der Waals surface area contributed by atoms with Crippen LogP contribution in [0.15, 0.2) is 97.6 Å². The summed E-state index contributed by atoms with van der Waals surface area (Å²) in [5, 5.41) is 63.5. The Bertz CT molecular complexity index is 2740. The third-order valence-corrected chi connectivity index (χ3v) is 11.5. The van der Waals surface area contributed by atoms with Gasteiger partial charge in [0.2, 0.25) is 0 Å². The molecule has 2 atom stereocenters. The lowest BCUT2D eigenvalue weighted by molar-refractivity contribution is -0.140. The summed E-state index contributed by atoms with van der Waals surface area (Å²) in [6, 6.07) is 26.5. The normalized spacial score (nSPS) is 11.7. The van der Waals surface area contributed by atoms with Gasteiger partial charge in [0.05, 0.1) is 61.5 Å². The quantitative estimate of drug-likeness (QED) is 0.0314. The van der Waals surface area contributed by atoms with E-state index in [9.17, 15) is 30.3 Å². The molecule has 0 saturated carbocycles. The number of methoxy groups -OCH3 is 2. The van der Waals surface area contributed by atoms with Crippen molar-refractivity contribution in [1.29, 1.82) is 10.5 Å². The Morgan fingerprint density at radius 2 is 0.986 bits per heavy atom. The van der Waals surface area contributed by atoms with Crippen molar-refractivity contribution in [2.75, 3.05) is 27.3 Å². The summed E-state index contributed by atoms with van der Waals surface area (Å²) < 4.78 is 37.0. The number of aromatic nitrogens is 2. The molecule has 2 unspecified atom stereocenters. The number of benzene rings is 4. The molecule has 18 nitrogen and oxygen atoms in total. The maximum absolute atomic E-state index is 11.1. The second-order valence-corrected chi connectivity index (χ2v) is 16.7. The van der Waals surface area contributed by atoms with Gasteiger partial charge in [-0.2, -0.15) is 10.5 Å². The minimum absolute atomic E-state index is 0.0128. The second kappa shape index (κ2) is 26.1. The summed E-state index contributed by atoms with van der Waals surface area (Å²) in [5.74, 6) is 0.374. The van der Waals surface area contributed by atoms with E-state index in [4.69, 9.17) is 38.6 Å². The number of hydrogen-bond donors (Lipinski definition) is 6. The van der Waals surface area contributed by atoms with Gasteiger partial charge in [-0.05, 0) is 59.4 Å². The van der Waals surface area contributed by atoms with E-state index in [1.165, 1.54) is 26.6 Å². The number of aliphatic carboxylic acids is 2. The molecule has 6 N–H and O–H groups in total. The highest BCUT2D eigenvalue weighted by Crippen LogP contribution is 2.38. The molecule has 72 heavy (non-hydrogen) atoms. The fourth-order valence-corrected chi connectivity index (χ4v) is 7.77. The molecule has 6 rings (SSSR count). The number of nitrogens with one attached hydrogen (secondary N) is 2. The van der Waals surface area contributed by atoms with Gasteiger partial charge in [0, 0.05) is 86.4 Å². The largest absolute Gasteiger partial charge is 0.496 e. The van der Waals surface area contributed by atoms with E-state index < -0.39 is 37.0 Å². The van der Waals surface area contributed by atoms with E-state index >= 15 is 0 Å². The van der Waals surface area contributed by atoms with Gasteiger partial charge in [0.25, 0.3) is 0 Å². The third-order valence-electron chi connectivity index (χ3n) is 11.5. The number of nitrogens with zero attached hydrogens (tertiary/aromatic N) is 4. The third kappa shape index (κ3) is 14.9. The number of carboxylic acid groups (broad SMARTS) is 2. The number of carbonyl (C=O) groups is 2. The van der Waals surface area contributed by atoms with Crippen molar-refractivity contribution in [3.63, 3.8) is 0 Å². The monoisotopic (exact) mass is 980 g/mol. The highest BCUT2D eigenvalue weighted by atomic mass is 16.5. The molecule has 0 aliphatic rings. The maximum Gasteiger partial charge on any atom is 0.306 e. The van der Waals surface area contributed by atoms with E-state index in [1.54, 1.807) is 48.8 Å². The lowest BCUT2D eigenvalue weighted by atomic mass is 9.92. The number of rotatable bonds is 27. The Balaban J connectivity index is 1.20. The number of aliphatic hydroxyl groups excluding tert-OH is 2. The van der Waals surface area contributed by atoms with Crippen LogP contribution in [0.2, 0.25) is 0 Å². The lowest BCUT2D eigenvalue weighted by Gasteiger charge is -2.20. The zero-order chi connectivity index (χ0) is 51.6. The van der Waals surface area contributed by atoms with Crippen molar-refractivity contribution < 1.29 is 58.4 Å². The number of carboxylic acids is 2. The second-order valence-electron chi connectivity index (χ2n) is 16.7. The Morgan fingerprint density at radius 3 is 1.36 bits per heavy atom. The Morgan fingerprint density at radius 1 is 0.583 bits per heavy atom. The minimum atomic E-state index is -1.11. The molecule has 0 fully saturated rings. The average molecular weight is 981 g/mol. The van der Waals surface area contributed by atoms with E-state index in [2.05, 4.69) is 44.9 Å². The van der Waals surface area contributed by atoms with Gasteiger partial charge in [0.15, 0.2) is 0 Å². The van der Waals surface area contributed by atoms with Gasteiger partial charge in [-0.1, -0.05) is 36.4 Å². The number of aliphatic hydroxyl groups is 2.